The smallest absolute Gasteiger partial charge is 0.249 e. The second kappa shape index (κ2) is 7.20. The van der Waals surface area contributed by atoms with Gasteiger partial charge >= 0.3 is 0 Å². The molecule has 5 heteroatoms. The van der Waals surface area contributed by atoms with E-state index in [1.54, 1.807) is 0 Å². The molecule has 1 aromatic rings. The summed E-state index contributed by atoms with van der Waals surface area (Å²) in [5.74, 6) is -0.817. The maximum Gasteiger partial charge on any atom is 0.249 e. The lowest BCUT2D eigenvalue weighted by Gasteiger charge is -2.21. The Morgan fingerprint density at radius 3 is 2.73 bits per heavy atom. The summed E-state index contributed by atoms with van der Waals surface area (Å²) in [5, 5.41) is 4.93. The van der Waals surface area contributed by atoms with Crippen molar-refractivity contribution in [1.82, 2.24) is 10.6 Å². The van der Waals surface area contributed by atoms with Crippen molar-refractivity contribution in [3.63, 3.8) is 0 Å². The summed E-state index contributed by atoms with van der Waals surface area (Å²) < 4.78 is 0. The number of imide groups is 1. The lowest BCUT2D eigenvalue weighted by atomic mass is 10.0. The van der Waals surface area contributed by atoms with Crippen LogP contribution in [0.3, 0.4) is 0 Å². The normalized spacial score (nSPS) is 18.0. The zero-order valence-electron chi connectivity index (χ0n) is 13.1. The van der Waals surface area contributed by atoms with Crippen molar-refractivity contribution in [3.05, 3.63) is 34.9 Å². The van der Waals surface area contributed by atoms with Crippen LogP contribution < -0.4 is 10.6 Å². The molecule has 1 unspecified atom stereocenters. The highest BCUT2D eigenvalue weighted by molar-refractivity contribution is 6.01. The highest BCUT2D eigenvalue weighted by Gasteiger charge is 2.27. The van der Waals surface area contributed by atoms with Gasteiger partial charge in [0.2, 0.25) is 17.7 Å². The van der Waals surface area contributed by atoms with Crippen LogP contribution >= 0.6 is 0 Å². The molecule has 22 heavy (non-hydrogen) atoms. The average Bonchev–Trinajstić information content (AvgIpc) is 2.46. The van der Waals surface area contributed by atoms with Crippen LogP contribution in [0.1, 0.15) is 42.4 Å². The van der Waals surface area contributed by atoms with Gasteiger partial charge in [0.25, 0.3) is 0 Å². The number of carbonyl (C=O) groups excluding carboxylic acids is 3. The van der Waals surface area contributed by atoms with Gasteiger partial charge in [0.1, 0.15) is 6.04 Å². The number of piperidine rings is 1. The van der Waals surface area contributed by atoms with Crippen molar-refractivity contribution in [1.29, 1.82) is 0 Å². The van der Waals surface area contributed by atoms with Crippen LogP contribution in [0.15, 0.2) is 18.2 Å². The molecular weight excluding hydrogens is 280 g/mol. The SMILES string of the molecule is Cc1ccc(CCCC(=O)NC2CCC(=O)NC2=O)cc1C. The number of nitrogens with one attached hydrogen (secondary N) is 2. The van der Waals surface area contributed by atoms with E-state index in [0.29, 0.717) is 12.8 Å². The zero-order valence-corrected chi connectivity index (χ0v) is 13.1. The molecule has 1 saturated heterocycles. The lowest BCUT2D eigenvalue weighted by Crippen LogP contribution is -2.52. The Bertz CT molecular complexity index is 596. The predicted molar refractivity (Wildman–Crippen MR) is 83.2 cm³/mol. The van der Waals surface area contributed by atoms with E-state index in [4.69, 9.17) is 0 Å². The fraction of sp³-hybridized carbons (Fsp3) is 0.471. The summed E-state index contributed by atoms with van der Waals surface area (Å²) in [7, 11) is 0. The molecule has 0 radical (unpaired) electrons. The molecule has 0 bridgehead atoms. The Morgan fingerprint density at radius 1 is 1.27 bits per heavy atom. The van der Waals surface area contributed by atoms with Gasteiger partial charge in [-0.25, -0.2) is 0 Å². The predicted octanol–water partition coefficient (Wildman–Crippen LogP) is 1.55. The van der Waals surface area contributed by atoms with Gasteiger partial charge in [-0.3, -0.25) is 19.7 Å². The number of carbonyl (C=O) groups is 3. The number of aryl methyl sites for hydroxylation is 3. The molecule has 1 aliphatic rings. The van der Waals surface area contributed by atoms with E-state index in [1.807, 2.05) is 0 Å². The second-order valence-electron chi connectivity index (χ2n) is 5.84. The topological polar surface area (TPSA) is 75.3 Å². The summed E-state index contributed by atoms with van der Waals surface area (Å²) in [6.07, 6.45) is 2.61. The summed E-state index contributed by atoms with van der Waals surface area (Å²) in [5.41, 5.74) is 3.74. The first kappa shape index (κ1) is 16.2. The Hall–Kier alpha value is -2.17. The third kappa shape index (κ3) is 4.41. The molecule has 0 saturated carbocycles. The minimum absolute atomic E-state index is 0.140. The zero-order chi connectivity index (χ0) is 16.1. The van der Waals surface area contributed by atoms with Gasteiger partial charge in [-0.2, -0.15) is 0 Å². The first-order chi connectivity index (χ1) is 10.5. The van der Waals surface area contributed by atoms with Gasteiger partial charge in [0, 0.05) is 12.8 Å². The Balaban J connectivity index is 1.74. The van der Waals surface area contributed by atoms with Gasteiger partial charge in [-0.05, 0) is 49.8 Å². The third-order valence-electron chi connectivity index (χ3n) is 4.02. The highest BCUT2D eigenvalue weighted by Crippen LogP contribution is 2.12. The van der Waals surface area contributed by atoms with Crippen LogP contribution in [0, 0.1) is 13.8 Å². The molecule has 118 valence electrons. The van der Waals surface area contributed by atoms with E-state index in [2.05, 4.69) is 42.7 Å². The quantitative estimate of drug-likeness (QED) is 0.810. The molecule has 0 aromatic heterocycles. The first-order valence-corrected chi connectivity index (χ1v) is 7.65. The van der Waals surface area contributed by atoms with Crippen molar-refractivity contribution in [3.8, 4) is 0 Å². The van der Waals surface area contributed by atoms with E-state index in [9.17, 15) is 14.4 Å². The van der Waals surface area contributed by atoms with Gasteiger partial charge in [0.15, 0.2) is 0 Å². The van der Waals surface area contributed by atoms with E-state index < -0.39 is 11.9 Å². The van der Waals surface area contributed by atoms with Crippen LogP contribution in [0.5, 0.6) is 0 Å². The third-order valence-corrected chi connectivity index (χ3v) is 4.02. The summed E-state index contributed by atoms with van der Waals surface area (Å²) in [6, 6.07) is 5.74. The molecular formula is C17H22N2O3. The molecule has 2 N–H and O–H groups in total. The van der Waals surface area contributed by atoms with Crippen molar-refractivity contribution >= 4 is 17.7 Å². The van der Waals surface area contributed by atoms with Crippen LogP contribution in [-0.2, 0) is 20.8 Å². The Labute approximate surface area is 130 Å². The molecule has 1 aromatic carbocycles. The molecule has 1 fully saturated rings. The maximum atomic E-state index is 11.9. The molecule has 1 atom stereocenters. The van der Waals surface area contributed by atoms with Crippen LogP contribution in [-0.4, -0.2) is 23.8 Å². The molecule has 0 spiro atoms. The first-order valence-electron chi connectivity index (χ1n) is 7.65. The molecule has 1 heterocycles. The summed E-state index contributed by atoms with van der Waals surface area (Å²) in [4.78, 5) is 34.5. The molecule has 1 aliphatic heterocycles. The largest absolute Gasteiger partial charge is 0.344 e. The van der Waals surface area contributed by atoms with E-state index >= 15 is 0 Å². The standard InChI is InChI=1S/C17H22N2O3/c1-11-6-7-13(10-12(11)2)4-3-5-15(20)18-14-8-9-16(21)19-17(14)22/h6-7,10,14H,3-5,8-9H2,1-2H3,(H,18,20)(H,19,21,22). The van der Waals surface area contributed by atoms with E-state index in [1.165, 1.54) is 16.7 Å². The number of hydrogen-bond donors (Lipinski definition) is 2. The monoisotopic (exact) mass is 302 g/mol. The highest BCUT2D eigenvalue weighted by atomic mass is 16.2. The van der Waals surface area contributed by atoms with Crippen molar-refractivity contribution in [2.75, 3.05) is 0 Å². The van der Waals surface area contributed by atoms with Crippen LogP contribution in [0.25, 0.3) is 0 Å². The van der Waals surface area contributed by atoms with Crippen molar-refractivity contribution in [2.24, 2.45) is 0 Å². The maximum absolute atomic E-state index is 11.9. The van der Waals surface area contributed by atoms with Crippen molar-refractivity contribution in [2.45, 2.75) is 52.0 Å². The van der Waals surface area contributed by atoms with Crippen molar-refractivity contribution < 1.29 is 14.4 Å². The van der Waals surface area contributed by atoms with Gasteiger partial charge in [-0.15, -0.1) is 0 Å². The second-order valence-corrected chi connectivity index (χ2v) is 5.84. The summed E-state index contributed by atoms with van der Waals surface area (Å²) >= 11 is 0. The summed E-state index contributed by atoms with van der Waals surface area (Å²) in [6.45, 7) is 4.15. The molecule has 5 nitrogen and oxygen atoms in total. The number of amides is 3. The van der Waals surface area contributed by atoms with Gasteiger partial charge < -0.3 is 5.32 Å². The van der Waals surface area contributed by atoms with Gasteiger partial charge in [0.05, 0.1) is 0 Å². The minimum atomic E-state index is -0.577. The van der Waals surface area contributed by atoms with Crippen LogP contribution in [0.4, 0.5) is 0 Å². The molecule has 0 aliphatic carbocycles. The lowest BCUT2D eigenvalue weighted by molar-refractivity contribution is -0.137. The minimum Gasteiger partial charge on any atom is -0.344 e. The van der Waals surface area contributed by atoms with Gasteiger partial charge in [-0.1, -0.05) is 18.2 Å². The van der Waals surface area contributed by atoms with E-state index in [-0.39, 0.29) is 18.2 Å². The fourth-order valence-electron chi connectivity index (χ4n) is 2.51. The van der Waals surface area contributed by atoms with Crippen LogP contribution in [0.2, 0.25) is 0 Å². The molecule has 2 rings (SSSR count). The fourth-order valence-corrected chi connectivity index (χ4v) is 2.51. The number of rotatable bonds is 5. The Kier molecular flexibility index (Phi) is 5.31. The molecule has 3 amide bonds. The Morgan fingerprint density at radius 2 is 2.05 bits per heavy atom. The average molecular weight is 302 g/mol. The number of hydrogen-bond acceptors (Lipinski definition) is 3. The van der Waals surface area contributed by atoms with E-state index in [0.717, 1.165) is 12.8 Å². The number of benzene rings is 1.